The Morgan fingerprint density at radius 1 is 1.60 bits per heavy atom. The number of halogens is 1. The molecule has 0 spiro atoms. The van der Waals surface area contributed by atoms with Gasteiger partial charge in [0, 0.05) is 4.88 Å². The van der Waals surface area contributed by atoms with Crippen molar-refractivity contribution in [2.45, 2.75) is 11.1 Å². The van der Waals surface area contributed by atoms with E-state index in [0.717, 1.165) is 4.88 Å². The maximum absolute atomic E-state index is 10.4. The molecular formula is C5H5ClO2S2. The predicted molar refractivity (Wildman–Crippen MR) is 42.6 cm³/mol. The summed E-state index contributed by atoms with van der Waals surface area (Å²) < 4.78 is 21.0. The number of rotatable bonds is 1. The van der Waals surface area contributed by atoms with Gasteiger partial charge in [-0.3, -0.25) is 0 Å². The SMILES string of the molecule is Cc1sc([SH](=O)=O)cc1Cl. The van der Waals surface area contributed by atoms with Crippen LogP contribution in [-0.4, -0.2) is 8.42 Å². The molecule has 0 bridgehead atoms. The first kappa shape index (κ1) is 8.04. The van der Waals surface area contributed by atoms with Crippen LogP contribution in [0.5, 0.6) is 0 Å². The fourth-order valence-electron chi connectivity index (χ4n) is 0.535. The molecular weight excluding hydrogens is 192 g/mol. The van der Waals surface area contributed by atoms with E-state index >= 15 is 0 Å². The fraction of sp³-hybridized carbons (Fsp3) is 0.200. The van der Waals surface area contributed by atoms with Crippen molar-refractivity contribution in [2.75, 3.05) is 0 Å². The van der Waals surface area contributed by atoms with Crippen molar-refractivity contribution in [3.63, 3.8) is 0 Å². The maximum Gasteiger partial charge on any atom is 0.177 e. The summed E-state index contributed by atoms with van der Waals surface area (Å²) >= 11 is 6.81. The molecule has 0 aliphatic rings. The van der Waals surface area contributed by atoms with Gasteiger partial charge in [-0.15, -0.1) is 11.3 Å². The van der Waals surface area contributed by atoms with E-state index in [-0.39, 0.29) is 0 Å². The lowest BCUT2D eigenvalue weighted by Gasteiger charge is -1.76. The van der Waals surface area contributed by atoms with E-state index in [9.17, 15) is 8.42 Å². The van der Waals surface area contributed by atoms with E-state index in [1.165, 1.54) is 17.4 Å². The summed E-state index contributed by atoms with van der Waals surface area (Å²) in [7, 11) is -2.46. The second-order valence-corrected chi connectivity index (χ2v) is 4.71. The van der Waals surface area contributed by atoms with Gasteiger partial charge in [0.15, 0.2) is 10.7 Å². The van der Waals surface area contributed by atoms with Crippen LogP contribution in [0, 0.1) is 6.92 Å². The third-order valence-corrected chi connectivity index (χ3v) is 3.59. The van der Waals surface area contributed by atoms with Crippen LogP contribution in [0.4, 0.5) is 0 Å². The Bertz CT molecular complexity index is 286. The van der Waals surface area contributed by atoms with Crippen LogP contribution in [0.3, 0.4) is 0 Å². The number of hydrogen-bond donors (Lipinski definition) is 1. The number of thiol groups is 1. The fourth-order valence-corrected chi connectivity index (χ4v) is 2.49. The van der Waals surface area contributed by atoms with Crippen LogP contribution in [0.1, 0.15) is 4.88 Å². The van der Waals surface area contributed by atoms with Crippen LogP contribution in [-0.2, 0) is 10.7 Å². The second kappa shape index (κ2) is 2.90. The Labute approximate surface area is 69.4 Å². The summed E-state index contributed by atoms with van der Waals surface area (Å²) in [6.45, 7) is 1.79. The third-order valence-electron chi connectivity index (χ3n) is 1.02. The van der Waals surface area contributed by atoms with E-state index < -0.39 is 10.7 Å². The number of aryl methyl sites for hydroxylation is 1. The zero-order chi connectivity index (χ0) is 7.72. The highest BCUT2D eigenvalue weighted by Crippen LogP contribution is 2.26. The van der Waals surface area contributed by atoms with Crippen LogP contribution in [0.25, 0.3) is 0 Å². The standard InChI is InChI=1S/C5H5ClO2S2/c1-3-4(6)2-5(9-3)10(7)8/h2,10H,1H3. The number of hydrogen-bond acceptors (Lipinski definition) is 3. The molecule has 0 unspecified atom stereocenters. The molecule has 0 aromatic carbocycles. The highest BCUT2D eigenvalue weighted by atomic mass is 35.5. The van der Waals surface area contributed by atoms with Crippen molar-refractivity contribution in [1.29, 1.82) is 0 Å². The molecule has 1 rings (SSSR count). The molecule has 0 aliphatic heterocycles. The monoisotopic (exact) mass is 196 g/mol. The van der Waals surface area contributed by atoms with Gasteiger partial charge in [0.05, 0.1) is 5.02 Å². The first-order chi connectivity index (χ1) is 4.61. The lowest BCUT2D eigenvalue weighted by Crippen LogP contribution is -1.67. The summed E-state index contributed by atoms with van der Waals surface area (Å²) in [6.07, 6.45) is 0. The smallest absolute Gasteiger partial charge is 0.177 e. The van der Waals surface area contributed by atoms with Gasteiger partial charge in [0.2, 0.25) is 0 Å². The molecule has 0 saturated heterocycles. The number of thiophene rings is 1. The lowest BCUT2D eigenvalue weighted by molar-refractivity contribution is 0.616. The molecule has 0 atom stereocenters. The summed E-state index contributed by atoms with van der Waals surface area (Å²) in [5.74, 6) is 0. The van der Waals surface area contributed by atoms with Gasteiger partial charge in [-0.05, 0) is 13.0 Å². The van der Waals surface area contributed by atoms with Gasteiger partial charge < -0.3 is 0 Å². The molecule has 1 aromatic rings. The Hall–Kier alpha value is -0.0600. The summed E-state index contributed by atoms with van der Waals surface area (Å²) in [6, 6.07) is 1.47. The molecule has 0 N–H and O–H groups in total. The van der Waals surface area contributed by atoms with Crippen LogP contribution >= 0.6 is 22.9 Å². The molecule has 1 aromatic heterocycles. The van der Waals surface area contributed by atoms with Crippen molar-refractivity contribution >= 4 is 33.6 Å². The third kappa shape index (κ3) is 1.51. The average Bonchev–Trinajstić information content (AvgIpc) is 2.13. The van der Waals surface area contributed by atoms with Crippen molar-refractivity contribution < 1.29 is 8.42 Å². The lowest BCUT2D eigenvalue weighted by atomic mass is 10.5. The normalized spacial score (nSPS) is 10.7. The summed E-state index contributed by atoms with van der Waals surface area (Å²) in [5, 5.41) is 0.527. The van der Waals surface area contributed by atoms with E-state index in [1.54, 1.807) is 6.92 Å². The highest BCUT2D eigenvalue weighted by Gasteiger charge is 2.03. The van der Waals surface area contributed by atoms with Gasteiger partial charge >= 0.3 is 0 Å². The minimum atomic E-state index is -2.46. The molecule has 0 amide bonds. The largest absolute Gasteiger partial charge is 0.226 e. The van der Waals surface area contributed by atoms with Crippen LogP contribution < -0.4 is 0 Å². The van der Waals surface area contributed by atoms with E-state index in [1.807, 2.05) is 0 Å². The summed E-state index contributed by atoms with van der Waals surface area (Å²) in [5.41, 5.74) is 0. The van der Waals surface area contributed by atoms with E-state index in [2.05, 4.69) is 0 Å². The first-order valence-corrected chi connectivity index (χ1v) is 4.89. The zero-order valence-corrected chi connectivity index (χ0v) is 7.59. The van der Waals surface area contributed by atoms with Crippen molar-refractivity contribution in [3.8, 4) is 0 Å². The molecule has 2 nitrogen and oxygen atoms in total. The summed E-state index contributed by atoms with van der Waals surface area (Å²) in [4.78, 5) is 0.843. The van der Waals surface area contributed by atoms with Gasteiger partial charge in [-0.2, -0.15) is 0 Å². The molecule has 5 heteroatoms. The van der Waals surface area contributed by atoms with Crippen molar-refractivity contribution in [1.82, 2.24) is 0 Å². The van der Waals surface area contributed by atoms with Crippen LogP contribution in [0.2, 0.25) is 5.02 Å². The van der Waals surface area contributed by atoms with E-state index in [4.69, 9.17) is 11.6 Å². The Morgan fingerprint density at radius 3 is 2.40 bits per heavy atom. The van der Waals surface area contributed by atoms with Crippen molar-refractivity contribution in [3.05, 3.63) is 16.0 Å². The molecule has 0 saturated carbocycles. The minimum absolute atomic E-state index is 0.331. The van der Waals surface area contributed by atoms with Gasteiger partial charge in [-0.1, -0.05) is 11.6 Å². The molecule has 0 radical (unpaired) electrons. The molecule has 0 fully saturated rings. The van der Waals surface area contributed by atoms with E-state index in [0.29, 0.717) is 9.23 Å². The maximum atomic E-state index is 10.4. The van der Waals surface area contributed by atoms with Crippen molar-refractivity contribution in [2.24, 2.45) is 0 Å². The Morgan fingerprint density at radius 2 is 2.20 bits per heavy atom. The molecule has 0 aliphatic carbocycles. The average molecular weight is 197 g/mol. The topological polar surface area (TPSA) is 34.1 Å². The second-order valence-electron chi connectivity index (χ2n) is 1.75. The quantitative estimate of drug-likeness (QED) is 0.694. The zero-order valence-electron chi connectivity index (χ0n) is 5.13. The molecule has 1 heterocycles. The van der Waals surface area contributed by atoms with Crippen LogP contribution in [0.15, 0.2) is 10.3 Å². The molecule has 56 valence electrons. The van der Waals surface area contributed by atoms with Gasteiger partial charge in [-0.25, -0.2) is 8.42 Å². The Balaban J connectivity index is 3.22. The Kier molecular flexibility index (Phi) is 2.33. The molecule has 10 heavy (non-hydrogen) atoms. The van der Waals surface area contributed by atoms with Gasteiger partial charge in [0.1, 0.15) is 4.21 Å². The minimum Gasteiger partial charge on any atom is -0.226 e. The highest BCUT2D eigenvalue weighted by molar-refractivity contribution is 7.75. The predicted octanol–water partition coefficient (Wildman–Crippen LogP) is 1.68. The van der Waals surface area contributed by atoms with Gasteiger partial charge in [0.25, 0.3) is 0 Å². The first-order valence-electron chi connectivity index (χ1n) is 2.51.